The first-order chi connectivity index (χ1) is 8.45. The van der Waals surface area contributed by atoms with E-state index in [-0.39, 0.29) is 0 Å². The van der Waals surface area contributed by atoms with Crippen LogP contribution in [0.1, 0.15) is 11.5 Å². The van der Waals surface area contributed by atoms with E-state index in [1.165, 1.54) is 11.9 Å². The number of rotatable bonds is 3. The molecule has 1 heterocycles. The van der Waals surface area contributed by atoms with Gasteiger partial charge in [-0.2, -0.15) is 0 Å². The number of carbonyl (C=O) groups is 3. The molecule has 1 aromatic rings. The van der Waals surface area contributed by atoms with E-state index in [2.05, 4.69) is 0 Å². The number of carboxylic acid groups (broad SMARTS) is 2. The molecule has 0 saturated heterocycles. The average molecular weight is 249 g/mol. The van der Waals surface area contributed by atoms with Gasteiger partial charge in [0, 0.05) is 12.7 Å². The largest absolute Gasteiger partial charge is 0.481 e. The van der Waals surface area contributed by atoms with Crippen LogP contribution in [0.5, 0.6) is 0 Å². The highest BCUT2D eigenvalue weighted by atomic mass is 16.4. The van der Waals surface area contributed by atoms with Crippen molar-refractivity contribution in [1.29, 1.82) is 0 Å². The highest BCUT2D eigenvalue weighted by molar-refractivity contribution is 6.10. The van der Waals surface area contributed by atoms with Gasteiger partial charge in [-0.05, 0) is 11.6 Å². The van der Waals surface area contributed by atoms with Crippen molar-refractivity contribution in [3.8, 4) is 0 Å². The lowest BCUT2D eigenvalue weighted by Crippen LogP contribution is -2.36. The van der Waals surface area contributed by atoms with Crippen molar-refractivity contribution in [2.75, 3.05) is 11.9 Å². The van der Waals surface area contributed by atoms with Crippen LogP contribution in [0.2, 0.25) is 0 Å². The van der Waals surface area contributed by atoms with Crippen LogP contribution in [0.4, 0.5) is 5.69 Å². The summed E-state index contributed by atoms with van der Waals surface area (Å²) in [5.74, 6) is -6.45. The SMILES string of the molecule is CN1C(=O)C(C(C(=O)O)C(=O)O)c2ccccc21. The maximum Gasteiger partial charge on any atom is 0.319 e. The number of fused-ring (bicyclic) bond motifs is 1. The molecule has 1 aliphatic rings. The quantitative estimate of drug-likeness (QED) is 0.762. The Morgan fingerprint density at radius 2 is 1.78 bits per heavy atom. The van der Waals surface area contributed by atoms with E-state index in [9.17, 15) is 14.4 Å². The summed E-state index contributed by atoms with van der Waals surface area (Å²) >= 11 is 0. The normalized spacial score (nSPS) is 18.0. The molecule has 94 valence electrons. The molecule has 0 aliphatic carbocycles. The van der Waals surface area contributed by atoms with Gasteiger partial charge in [0.1, 0.15) is 0 Å². The van der Waals surface area contributed by atoms with E-state index < -0.39 is 29.7 Å². The van der Waals surface area contributed by atoms with Gasteiger partial charge in [0.25, 0.3) is 0 Å². The number of hydrogen-bond acceptors (Lipinski definition) is 3. The van der Waals surface area contributed by atoms with E-state index in [4.69, 9.17) is 10.2 Å². The second-order valence-corrected chi connectivity index (χ2v) is 4.09. The van der Waals surface area contributed by atoms with E-state index in [0.717, 1.165) is 0 Å². The van der Waals surface area contributed by atoms with Gasteiger partial charge in [0.05, 0.1) is 5.92 Å². The second kappa shape index (κ2) is 4.14. The van der Waals surface area contributed by atoms with Crippen molar-refractivity contribution in [2.45, 2.75) is 5.92 Å². The van der Waals surface area contributed by atoms with E-state index in [1.807, 2.05) is 0 Å². The minimum Gasteiger partial charge on any atom is -0.481 e. The molecule has 0 spiro atoms. The van der Waals surface area contributed by atoms with Crippen molar-refractivity contribution in [1.82, 2.24) is 0 Å². The Labute approximate surface area is 102 Å². The number of hydrogen-bond donors (Lipinski definition) is 2. The standard InChI is InChI=1S/C12H11NO5/c1-13-7-5-3-2-4-6(7)8(10(13)14)9(11(15)16)12(17)18/h2-5,8-9H,1H3,(H,15,16)(H,17,18). The predicted molar refractivity (Wildman–Crippen MR) is 61.4 cm³/mol. The molecule has 1 unspecified atom stereocenters. The van der Waals surface area contributed by atoms with E-state index >= 15 is 0 Å². The van der Waals surface area contributed by atoms with Gasteiger partial charge in [-0.3, -0.25) is 14.4 Å². The first kappa shape index (κ1) is 12.1. The molecule has 1 atom stereocenters. The molecule has 0 saturated carbocycles. The number of likely N-dealkylation sites (N-methyl/N-ethyl adjacent to an activating group) is 1. The van der Waals surface area contributed by atoms with Crippen LogP contribution < -0.4 is 4.90 Å². The van der Waals surface area contributed by atoms with Crippen LogP contribution in [-0.4, -0.2) is 35.1 Å². The number of benzene rings is 1. The molecule has 1 aromatic carbocycles. The molecule has 6 heteroatoms. The number of nitrogens with zero attached hydrogens (tertiary/aromatic N) is 1. The van der Waals surface area contributed by atoms with Crippen LogP contribution in [0.25, 0.3) is 0 Å². The van der Waals surface area contributed by atoms with Crippen LogP contribution in [0.15, 0.2) is 24.3 Å². The fourth-order valence-electron chi connectivity index (χ4n) is 2.23. The lowest BCUT2D eigenvalue weighted by molar-refractivity contribution is -0.157. The third-order valence-electron chi connectivity index (χ3n) is 3.10. The maximum atomic E-state index is 12.0. The Balaban J connectivity index is 2.55. The molecular formula is C12H11NO5. The van der Waals surface area contributed by atoms with Crippen LogP contribution in [0, 0.1) is 5.92 Å². The summed E-state index contributed by atoms with van der Waals surface area (Å²) in [7, 11) is 1.50. The summed E-state index contributed by atoms with van der Waals surface area (Å²) in [6.07, 6.45) is 0. The first-order valence-electron chi connectivity index (χ1n) is 5.27. The molecule has 0 bridgehead atoms. The van der Waals surface area contributed by atoms with Gasteiger partial charge in [-0.15, -0.1) is 0 Å². The Morgan fingerprint density at radius 1 is 1.22 bits per heavy atom. The molecule has 2 N–H and O–H groups in total. The van der Waals surface area contributed by atoms with Gasteiger partial charge in [0.2, 0.25) is 5.91 Å². The topological polar surface area (TPSA) is 94.9 Å². The fraction of sp³-hybridized carbons (Fsp3) is 0.250. The van der Waals surface area contributed by atoms with Crippen LogP contribution >= 0.6 is 0 Å². The van der Waals surface area contributed by atoms with Crippen molar-refractivity contribution < 1.29 is 24.6 Å². The summed E-state index contributed by atoms with van der Waals surface area (Å²) in [4.78, 5) is 35.4. The number of anilines is 1. The van der Waals surface area contributed by atoms with Gasteiger partial charge >= 0.3 is 11.9 Å². The Morgan fingerprint density at radius 3 is 2.33 bits per heavy atom. The smallest absolute Gasteiger partial charge is 0.319 e. The molecule has 0 aromatic heterocycles. The van der Waals surface area contributed by atoms with E-state index in [0.29, 0.717) is 11.3 Å². The Kier molecular flexibility index (Phi) is 2.78. The average Bonchev–Trinajstić information content (AvgIpc) is 2.55. The molecule has 1 aliphatic heterocycles. The highest BCUT2D eigenvalue weighted by Gasteiger charge is 2.47. The molecule has 0 radical (unpaired) electrons. The second-order valence-electron chi connectivity index (χ2n) is 4.09. The molecule has 0 fully saturated rings. The first-order valence-corrected chi connectivity index (χ1v) is 5.27. The maximum absolute atomic E-state index is 12.0. The van der Waals surface area contributed by atoms with Gasteiger partial charge in [0.15, 0.2) is 5.92 Å². The van der Waals surface area contributed by atoms with Crippen LogP contribution in [0.3, 0.4) is 0 Å². The zero-order valence-corrected chi connectivity index (χ0v) is 9.53. The molecule has 2 rings (SSSR count). The van der Waals surface area contributed by atoms with Gasteiger partial charge < -0.3 is 15.1 Å². The number of amides is 1. The van der Waals surface area contributed by atoms with Crippen molar-refractivity contribution >= 4 is 23.5 Å². The highest BCUT2D eigenvalue weighted by Crippen LogP contribution is 2.40. The van der Waals surface area contributed by atoms with Gasteiger partial charge in [-0.25, -0.2) is 0 Å². The van der Waals surface area contributed by atoms with Crippen molar-refractivity contribution in [3.05, 3.63) is 29.8 Å². The fourth-order valence-corrected chi connectivity index (χ4v) is 2.23. The third kappa shape index (κ3) is 1.62. The number of aliphatic carboxylic acids is 2. The molecule has 1 amide bonds. The molecule has 18 heavy (non-hydrogen) atoms. The summed E-state index contributed by atoms with van der Waals surface area (Å²) in [6.45, 7) is 0. The lowest BCUT2D eigenvalue weighted by Gasteiger charge is -2.15. The monoisotopic (exact) mass is 249 g/mol. The third-order valence-corrected chi connectivity index (χ3v) is 3.10. The number of para-hydroxylation sites is 1. The summed E-state index contributed by atoms with van der Waals surface area (Å²) in [5.41, 5.74) is 1.000. The lowest BCUT2D eigenvalue weighted by atomic mass is 9.87. The predicted octanol–water partition coefficient (Wildman–Crippen LogP) is 0.532. The van der Waals surface area contributed by atoms with Crippen molar-refractivity contribution in [3.63, 3.8) is 0 Å². The van der Waals surface area contributed by atoms with Gasteiger partial charge in [-0.1, -0.05) is 18.2 Å². The summed E-state index contributed by atoms with van der Waals surface area (Å²) < 4.78 is 0. The zero-order valence-electron chi connectivity index (χ0n) is 9.53. The summed E-state index contributed by atoms with van der Waals surface area (Å²) in [6, 6.07) is 6.61. The number of carbonyl (C=O) groups excluding carboxylic acids is 1. The summed E-state index contributed by atoms with van der Waals surface area (Å²) in [5, 5.41) is 18.0. The van der Waals surface area contributed by atoms with E-state index in [1.54, 1.807) is 24.3 Å². The Bertz CT molecular complexity index is 525. The van der Waals surface area contributed by atoms with Crippen molar-refractivity contribution in [2.24, 2.45) is 5.92 Å². The number of carboxylic acids is 2. The Hall–Kier alpha value is -2.37. The molecular weight excluding hydrogens is 238 g/mol. The van der Waals surface area contributed by atoms with Crippen LogP contribution in [-0.2, 0) is 14.4 Å². The minimum absolute atomic E-state index is 0.444. The minimum atomic E-state index is -1.76. The molecule has 6 nitrogen and oxygen atoms in total. The zero-order chi connectivity index (χ0) is 13.4.